The molecule has 0 radical (unpaired) electrons. The number of halogens is 2. The number of carbonyl (C=O) groups is 5. The lowest BCUT2D eigenvalue weighted by molar-refractivity contribution is -0.870. The molecule has 2 aliphatic heterocycles. The van der Waals surface area contributed by atoms with E-state index in [1.165, 1.54) is 14.0 Å². The SMILES string of the molecule is COc1cc(C(C)OC(=O)ON2C(=O)CC(S(=O)(=O)O)C2=O)c([N+](=O)[O-])cc1OCCN(C)CCOC(=O)C(CS(=O)(=O)O)NC(=O)CCCOc1ccc(/C=C/C2=NC(=C\c3c(CCC[N+](C)(C)C)cc(-c4ccc[nH]4)n3B(F)F)/C(C)=C2)cc1. The van der Waals surface area contributed by atoms with Crippen LogP contribution >= 0.6 is 0 Å². The fourth-order valence-corrected chi connectivity index (χ4v) is 10.2. The lowest BCUT2D eigenvalue weighted by Crippen LogP contribution is -2.46. The number of aromatic amines is 1. The highest BCUT2D eigenvalue weighted by molar-refractivity contribution is 7.87. The van der Waals surface area contributed by atoms with Crippen molar-refractivity contribution < 1.29 is 96.5 Å². The van der Waals surface area contributed by atoms with Crippen molar-refractivity contribution in [2.45, 2.75) is 63.3 Å². The Morgan fingerprint density at radius 1 is 1.00 bits per heavy atom. The van der Waals surface area contributed by atoms with Crippen molar-refractivity contribution in [1.29, 1.82) is 0 Å². The van der Waals surface area contributed by atoms with Crippen LogP contribution in [-0.2, 0) is 60.1 Å². The fourth-order valence-electron chi connectivity index (χ4n) is 8.81. The van der Waals surface area contributed by atoms with Crippen molar-refractivity contribution in [3.8, 4) is 28.6 Å². The van der Waals surface area contributed by atoms with E-state index in [0.29, 0.717) is 40.7 Å². The van der Waals surface area contributed by atoms with Gasteiger partial charge in [-0.15, -0.1) is 0 Å². The summed E-state index contributed by atoms with van der Waals surface area (Å²) in [5, 5.41) is 11.9. The number of allylic oxidation sites excluding steroid dienone is 3. The summed E-state index contributed by atoms with van der Waals surface area (Å²) < 4.78 is 124. The summed E-state index contributed by atoms with van der Waals surface area (Å²) in [5.41, 5.74) is 4.09. The average molecular weight is 1240 g/mol. The minimum Gasteiger partial charge on any atom is -0.494 e. The van der Waals surface area contributed by atoms with Gasteiger partial charge in [0.2, 0.25) is 5.91 Å². The smallest absolute Gasteiger partial charge is 0.494 e. The lowest BCUT2D eigenvalue weighted by Gasteiger charge is -2.23. The van der Waals surface area contributed by atoms with E-state index in [4.69, 9.17) is 28.7 Å². The molecule has 0 aliphatic carbocycles. The molecule has 2 aromatic carbocycles. The molecule has 6 rings (SSSR count). The number of methoxy groups -OCH3 is 1. The number of hydrogen-bond acceptors (Lipinski definition) is 19. The second-order valence-electron chi connectivity index (χ2n) is 20.9. The maximum absolute atomic E-state index is 14.8. The van der Waals surface area contributed by atoms with Gasteiger partial charge in [0, 0.05) is 37.8 Å². The Kier molecular flexibility index (Phi) is 22.7. The lowest BCUT2D eigenvalue weighted by atomic mass is 10.1. The summed E-state index contributed by atoms with van der Waals surface area (Å²) in [4.78, 5) is 87.8. The molecular formula is C54H66BF2N8O19S2+. The third-order valence-corrected chi connectivity index (χ3v) is 15.0. The normalized spacial score (nSPS) is 15.8. The Balaban J connectivity index is 0.942. The standard InChI is InChI=1S/C54H65BF2N8O19S2/c1-34-27-38(59-42(34)30-44-37(11-9-23-65(4,5)6)28-46(62(44)55(56)57)41-12-8-20-58-41)17-14-36-15-18-39(19-16-36)80-24-10-13-50(66)60-43(33-85(73,74)75)53(69)82-26-22-61(3)21-25-81-48-31-45(64(71)72)40(29-47(48)79-7)35(2)83-54(70)84-63-51(67)32-49(52(63)68)86(76,77)78/h8,12,14-20,27-31,35,43,49H,9-11,13,21-26,32-33H2,1-7H3,(H3-,58,59,60,66,73,74,75,76,77,78)/p+1/b17-14+. The second-order valence-corrected chi connectivity index (χ2v) is 24.0. The summed E-state index contributed by atoms with van der Waals surface area (Å²) in [6, 6.07) is 12.7. The van der Waals surface area contributed by atoms with Crippen LogP contribution in [0.25, 0.3) is 23.5 Å². The van der Waals surface area contributed by atoms with Gasteiger partial charge >= 0.3 is 19.5 Å². The molecular weight excluding hydrogens is 1180 g/mol. The number of imide groups is 1. The van der Waals surface area contributed by atoms with Gasteiger partial charge in [0.05, 0.1) is 87.2 Å². The van der Waals surface area contributed by atoms with Crippen molar-refractivity contribution in [2.24, 2.45) is 4.99 Å². The molecule has 0 bridgehead atoms. The molecule has 3 atom stereocenters. The Morgan fingerprint density at radius 2 is 1.71 bits per heavy atom. The molecule has 4 N–H and O–H groups in total. The maximum atomic E-state index is 14.8. The maximum Gasteiger partial charge on any atom is 0.678 e. The number of nitrogens with one attached hydrogen (secondary N) is 2. The first-order valence-corrected chi connectivity index (χ1v) is 29.7. The number of aryl methyl sites for hydroxylation is 1. The van der Waals surface area contributed by atoms with Crippen LogP contribution in [0.5, 0.6) is 17.2 Å². The Labute approximate surface area is 494 Å². The fraction of sp³-hybridized carbons (Fsp3) is 0.407. The number of esters is 1. The van der Waals surface area contributed by atoms with E-state index >= 15 is 0 Å². The van der Waals surface area contributed by atoms with Gasteiger partial charge in [0.25, 0.3) is 37.7 Å². The molecule has 3 unspecified atom stereocenters. The number of nitro groups is 1. The number of rotatable bonds is 31. The number of H-pyrrole nitrogens is 1. The first-order valence-electron chi connectivity index (χ1n) is 26.6. The minimum absolute atomic E-state index is 0.0337. The Morgan fingerprint density at radius 3 is 2.33 bits per heavy atom. The molecule has 86 heavy (non-hydrogen) atoms. The summed E-state index contributed by atoms with van der Waals surface area (Å²) in [7, 11) is -3.54. The van der Waals surface area contributed by atoms with Gasteiger partial charge in [-0.25, -0.2) is 14.6 Å². The van der Waals surface area contributed by atoms with Crippen LogP contribution < -0.4 is 19.5 Å². The van der Waals surface area contributed by atoms with E-state index in [0.717, 1.165) is 50.8 Å². The molecule has 4 aromatic rings. The molecule has 2 aromatic heterocycles. The molecule has 464 valence electrons. The summed E-state index contributed by atoms with van der Waals surface area (Å²) in [6.07, 6.45) is 6.06. The largest absolute Gasteiger partial charge is 0.678 e. The molecule has 1 fully saturated rings. The predicted molar refractivity (Wildman–Crippen MR) is 308 cm³/mol. The summed E-state index contributed by atoms with van der Waals surface area (Å²) >= 11 is 0. The zero-order valence-corrected chi connectivity index (χ0v) is 49.6. The number of nitrogens with zero attached hydrogens (tertiary/aromatic N) is 6. The molecule has 0 saturated carbocycles. The van der Waals surface area contributed by atoms with Crippen LogP contribution in [0.3, 0.4) is 0 Å². The third-order valence-electron chi connectivity index (χ3n) is 13.2. The number of likely N-dealkylation sites (N-methyl/N-ethyl adjacent to an activating group) is 1. The number of hydroxylamine groups is 2. The molecule has 4 heterocycles. The summed E-state index contributed by atoms with van der Waals surface area (Å²) in [6.45, 7) is 3.66. The number of carbonyl (C=O) groups excluding carboxylic acids is 5. The van der Waals surface area contributed by atoms with Gasteiger partial charge in [0.15, 0.2) is 16.7 Å². The van der Waals surface area contributed by atoms with Crippen LogP contribution in [0, 0.1) is 10.1 Å². The second kappa shape index (κ2) is 29.2. The van der Waals surface area contributed by atoms with Crippen LogP contribution in [-0.4, -0.2) is 190 Å². The number of ether oxygens (including phenoxy) is 5. The number of benzene rings is 2. The molecule has 0 spiro atoms. The highest BCUT2D eigenvalue weighted by Gasteiger charge is 2.49. The van der Waals surface area contributed by atoms with Crippen LogP contribution in [0.1, 0.15) is 68.0 Å². The Hall–Kier alpha value is -8.30. The number of hydrogen-bond donors (Lipinski definition) is 4. The van der Waals surface area contributed by atoms with Crippen LogP contribution in [0.2, 0.25) is 0 Å². The number of amides is 3. The molecule has 27 nitrogen and oxygen atoms in total. The molecule has 2 aliphatic rings. The topological polar surface area (TPSA) is 344 Å². The highest BCUT2D eigenvalue weighted by Crippen LogP contribution is 2.39. The zero-order valence-electron chi connectivity index (χ0n) is 48.0. The van der Waals surface area contributed by atoms with Gasteiger partial charge in [-0.2, -0.15) is 16.8 Å². The number of quaternary nitrogens is 1. The van der Waals surface area contributed by atoms with E-state index in [1.807, 2.05) is 31.2 Å². The van der Waals surface area contributed by atoms with E-state index in [9.17, 15) is 68.7 Å². The third kappa shape index (κ3) is 19.1. The molecule has 3 amide bonds. The number of aliphatic imine (C=N–C) groups is 1. The van der Waals surface area contributed by atoms with Gasteiger partial charge in [-0.1, -0.05) is 23.3 Å². The van der Waals surface area contributed by atoms with Gasteiger partial charge in [-0.05, 0) is 105 Å². The quantitative estimate of drug-likeness (QED) is 0.00706. The minimum atomic E-state index is -5.01. The van der Waals surface area contributed by atoms with Crippen molar-refractivity contribution in [3.05, 3.63) is 117 Å². The van der Waals surface area contributed by atoms with Gasteiger partial charge in [-0.3, -0.25) is 52.0 Å². The van der Waals surface area contributed by atoms with E-state index < -0.39 is 97.7 Å². The number of nitro benzene ring substituents is 1. The Bertz CT molecular complexity index is 3510. The monoisotopic (exact) mass is 1240 g/mol. The molecule has 1 saturated heterocycles. The average Bonchev–Trinajstić information content (AvgIpc) is 3.57. The predicted octanol–water partition coefficient (Wildman–Crippen LogP) is 5.50. The van der Waals surface area contributed by atoms with Crippen LogP contribution in [0.4, 0.5) is 19.1 Å². The van der Waals surface area contributed by atoms with E-state index in [1.54, 1.807) is 60.6 Å². The van der Waals surface area contributed by atoms with Gasteiger partial charge < -0.3 is 42.9 Å². The van der Waals surface area contributed by atoms with Crippen LogP contribution in [0.15, 0.2) is 89.2 Å². The summed E-state index contributed by atoms with van der Waals surface area (Å²) in [5.74, 6) is -5.61. The number of aromatic nitrogens is 2. The van der Waals surface area contributed by atoms with E-state index in [2.05, 4.69) is 36.3 Å². The molecule has 32 heteroatoms. The van der Waals surface area contributed by atoms with Crippen molar-refractivity contribution in [1.82, 2.24) is 24.7 Å². The van der Waals surface area contributed by atoms with Gasteiger partial charge in [0.1, 0.15) is 36.9 Å². The van der Waals surface area contributed by atoms with E-state index in [-0.39, 0.29) is 67.9 Å². The first kappa shape index (κ1) is 66.8. The van der Waals surface area contributed by atoms with Crippen molar-refractivity contribution in [3.63, 3.8) is 0 Å². The van der Waals surface area contributed by atoms with Crippen molar-refractivity contribution in [2.75, 3.05) is 80.5 Å². The first-order chi connectivity index (χ1) is 40.4. The van der Waals surface area contributed by atoms with Crippen molar-refractivity contribution >= 4 is 81.0 Å². The highest BCUT2D eigenvalue weighted by atomic mass is 32.2. The zero-order chi connectivity index (χ0) is 63.3.